The van der Waals surface area contributed by atoms with Gasteiger partial charge in [0.05, 0.1) is 16.7 Å². The molecule has 2 heterocycles. The minimum absolute atomic E-state index is 0.344. The van der Waals surface area contributed by atoms with Crippen LogP contribution in [0.2, 0.25) is 0 Å². The molecule has 0 atom stereocenters. The molecule has 1 aromatic heterocycles. The molecule has 2 nitrogen and oxygen atoms in total. The van der Waals surface area contributed by atoms with Gasteiger partial charge in [0.1, 0.15) is 12.9 Å². The summed E-state index contributed by atoms with van der Waals surface area (Å²) in [5.41, 5.74) is 4.87. The smallest absolute Gasteiger partial charge is 0.361 e. The number of fused-ring (bicyclic) bond motifs is 2. The molecule has 31 heavy (non-hydrogen) atoms. The Bertz CT molecular complexity index is 1370. The highest BCUT2D eigenvalue weighted by molar-refractivity contribution is 6.25. The number of para-hydroxylation sites is 1. The largest absolute Gasteiger partial charge is 0.416 e. The summed E-state index contributed by atoms with van der Waals surface area (Å²) in [5, 5.41) is 0.955. The lowest BCUT2D eigenvalue weighted by atomic mass is 9.89. The standard InChI is InChI=1S/C25H16F4N2/c1-31-14-21(19-11-10-17(26)12-23(19)31)24(15-6-8-16(9-7-15)25(27,28)29)20-13-30-22-5-3-2-4-18(20)22/h2-14H,1H3/p+1. The third-order valence-electron chi connectivity index (χ3n) is 5.58. The maximum atomic E-state index is 13.9. The number of aromatic nitrogens is 1. The summed E-state index contributed by atoms with van der Waals surface area (Å²) in [7, 11) is 1.82. The fourth-order valence-electron chi connectivity index (χ4n) is 4.12. The molecule has 154 valence electrons. The third-order valence-corrected chi connectivity index (χ3v) is 5.58. The highest BCUT2D eigenvalue weighted by Crippen LogP contribution is 2.41. The van der Waals surface area contributed by atoms with Gasteiger partial charge in [0.15, 0.2) is 6.21 Å². The zero-order valence-electron chi connectivity index (χ0n) is 16.5. The number of allylic oxidation sites excluding steroid dienone is 1. The molecule has 0 amide bonds. The van der Waals surface area contributed by atoms with Crippen molar-refractivity contribution in [1.29, 1.82) is 0 Å². The number of alkyl halides is 3. The summed E-state index contributed by atoms with van der Waals surface area (Å²) < 4.78 is 55.1. The van der Waals surface area contributed by atoms with Crippen LogP contribution in [-0.4, -0.2) is 22.8 Å². The van der Waals surface area contributed by atoms with Crippen molar-refractivity contribution < 1.29 is 22.1 Å². The van der Waals surface area contributed by atoms with Crippen molar-refractivity contribution in [2.75, 3.05) is 7.05 Å². The van der Waals surface area contributed by atoms with E-state index >= 15 is 0 Å². The van der Waals surface area contributed by atoms with E-state index in [1.165, 1.54) is 24.3 Å². The van der Waals surface area contributed by atoms with Crippen LogP contribution in [0.25, 0.3) is 22.0 Å². The maximum absolute atomic E-state index is 13.9. The van der Waals surface area contributed by atoms with Crippen LogP contribution in [0.5, 0.6) is 0 Å². The van der Waals surface area contributed by atoms with Crippen molar-refractivity contribution in [1.82, 2.24) is 4.98 Å². The van der Waals surface area contributed by atoms with Crippen LogP contribution in [0.4, 0.5) is 23.2 Å². The van der Waals surface area contributed by atoms with E-state index in [1.54, 1.807) is 6.07 Å². The number of hydrogen-bond acceptors (Lipinski definition) is 0. The van der Waals surface area contributed by atoms with E-state index in [-0.39, 0.29) is 5.82 Å². The van der Waals surface area contributed by atoms with E-state index in [0.717, 1.165) is 45.3 Å². The lowest BCUT2D eigenvalue weighted by molar-refractivity contribution is -0.395. The Balaban J connectivity index is 1.81. The molecule has 4 aromatic rings. The van der Waals surface area contributed by atoms with Crippen LogP contribution in [0, 0.1) is 5.82 Å². The number of halogens is 4. The van der Waals surface area contributed by atoms with Crippen LogP contribution in [0.15, 0.2) is 72.9 Å². The van der Waals surface area contributed by atoms with E-state index < -0.39 is 11.7 Å². The molecular formula is C25H17F4N2+. The molecule has 0 radical (unpaired) electrons. The number of benzene rings is 3. The van der Waals surface area contributed by atoms with Gasteiger partial charge in [0, 0.05) is 34.3 Å². The first-order valence-electron chi connectivity index (χ1n) is 9.69. The van der Waals surface area contributed by atoms with Gasteiger partial charge in [-0.05, 0) is 35.9 Å². The fraction of sp³-hybridized carbons (Fsp3) is 0.0800. The Hall–Kier alpha value is -3.67. The van der Waals surface area contributed by atoms with Crippen molar-refractivity contribution in [3.05, 3.63) is 101 Å². The molecule has 3 aromatic carbocycles. The van der Waals surface area contributed by atoms with Crippen molar-refractivity contribution in [3.63, 3.8) is 0 Å². The highest BCUT2D eigenvalue weighted by atomic mass is 19.4. The van der Waals surface area contributed by atoms with Crippen LogP contribution in [0.1, 0.15) is 22.3 Å². The van der Waals surface area contributed by atoms with Gasteiger partial charge in [-0.3, -0.25) is 0 Å². The second-order valence-corrected chi connectivity index (χ2v) is 7.51. The SMILES string of the molecule is C[N+]1=C/C(=C(/c2ccc(C(F)(F)F)cc2)c2c[nH]c3ccccc23)c2ccc(F)cc21. The Morgan fingerprint density at radius 3 is 2.42 bits per heavy atom. The monoisotopic (exact) mass is 421 g/mol. The molecule has 1 aliphatic rings. The molecule has 6 heteroatoms. The average molecular weight is 421 g/mol. The summed E-state index contributed by atoms with van der Waals surface area (Å²) in [6.45, 7) is 0. The minimum Gasteiger partial charge on any atom is -0.361 e. The molecule has 0 aliphatic carbocycles. The molecule has 1 N–H and O–H groups in total. The summed E-state index contributed by atoms with van der Waals surface area (Å²) in [6, 6.07) is 17.5. The number of H-pyrrole nitrogens is 1. The molecule has 0 saturated heterocycles. The molecule has 0 fully saturated rings. The predicted octanol–water partition coefficient (Wildman–Crippen LogP) is 6.64. The van der Waals surface area contributed by atoms with Crippen LogP contribution >= 0.6 is 0 Å². The van der Waals surface area contributed by atoms with Crippen LogP contribution in [0.3, 0.4) is 0 Å². The number of aromatic amines is 1. The van der Waals surface area contributed by atoms with Gasteiger partial charge in [-0.15, -0.1) is 0 Å². The Labute approximate surface area is 175 Å². The molecule has 0 unspecified atom stereocenters. The second-order valence-electron chi connectivity index (χ2n) is 7.51. The van der Waals surface area contributed by atoms with Gasteiger partial charge in [0.25, 0.3) is 0 Å². The molecule has 1 aliphatic heterocycles. The number of rotatable bonds is 2. The Kier molecular flexibility index (Phi) is 4.32. The zero-order valence-corrected chi connectivity index (χ0v) is 16.5. The van der Waals surface area contributed by atoms with Gasteiger partial charge < -0.3 is 4.98 Å². The lowest BCUT2D eigenvalue weighted by Crippen LogP contribution is -2.04. The number of hydrogen-bond donors (Lipinski definition) is 1. The van der Waals surface area contributed by atoms with Crippen LogP contribution in [-0.2, 0) is 6.18 Å². The van der Waals surface area contributed by atoms with E-state index in [0.29, 0.717) is 11.3 Å². The predicted molar refractivity (Wildman–Crippen MR) is 114 cm³/mol. The lowest BCUT2D eigenvalue weighted by Gasteiger charge is -2.12. The van der Waals surface area contributed by atoms with E-state index in [4.69, 9.17) is 0 Å². The van der Waals surface area contributed by atoms with Gasteiger partial charge >= 0.3 is 6.18 Å². The minimum atomic E-state index is -4.41. The molecule has 0 spiro atoms. The van der Waals surface area contributed by atoms with Gasteiger partial charge in [-0.25, -0.2) is 8.97 Å². The van der Waals surface area contributed by atoms with Gasteiger partial charge in [-0.1, -0.05) is 30.3 Å². The number of nitrogens with one attached hydrogen (secondary N) is 1. The Morgan fingerprint density at radius 1 is 0.935 bits per heavy atom. The molecule has 0 bridgehead atoms. The second kappa shape index (κ2) is 6.94. The molecular weight excluding hydrogens is 404 g/mol. The van der Waals surface area contributed by atoms with Crippen molar-refractivity contribution in [3.8, 4) is 0 Å². The highest BCUT2D eigenvalue weighted by Gasteiger charge is 2.31. The summed E-state index contributed by atoms with van der Waals surface area (Å²) in [5.74, 6) is -0.344. The molecule has 5 rings (SSSR count). The summed E-state index contributed by atoms with van der Waals surface area (Å²) in [4.78, 5) is 3.24. The topological polar surface area (TPSA) is 18.8 Å². The van der Waals surface area contributed by atoms with Gasteiger partial charge in [-0.2, -0.15) is 13.2 Å². The van der Waals surface area contributed by atoms with Gasteiger partial charge in [0.2, 0.25) is 5.69 Å². The normalized spacial score (nSPS) is 15.2. The first-order valence-corrected chi connectivity index (χ1v) is 9.69. The number of nitrogens with zero attached hydrogens (tertiary/aromatic N) is 1. The van der Waals surface area contributed by atoms with E-state index in [1.807, 2.05) is 48.3 Å². The first-order chi connectivity index (χ1) is 14.8. The summed E-state index contributed by atoms with van der Waals surface area (Å²) >= 11 is 0. The van der Waals surface area contributed by atoms with Crippen molar-refractivity contribution in [2.24, 2.45) is 0 Å². The van der Waals surface area contributed by atoms with Crippen LogP contribution < -0.4 is 0 Å². The summed E-state index contributed by atoms with van der Waals surface area (Å²) in [6.07, 6.45) is -0.657. The maximum Gasteiger partial charge on any atom is 0.416 e. The zero-order chi connectivity index (χ0) is 21.8. The quantitative estimate of drug-likeness (QED) is 0.276. The van der Waals surface area contributed by atoms with E-state index in [9.17, 15) is 17.6 Å². The van der Waals surface area contributed by atoms with Crippen molar-refractivity contribution in [2.45, 2.75) is 6.18 Å². The average Bonchev–Trinajstić information content (AvgIpc) is 3.30. The first kappa shape index (κ1) is 19.3. The third kappa shape index (κ3) is 3.24. The fourth-order valence-corrected chi connectivity index (χ4v) is 4.12. The van der Waals surface area contributed by atoms with E-state index in [2.05, 4.69) is 4.98 Å². The van der Waals surface area contributed by atoms with Crippen molar-refractivity contribution >= 4 is 34.0 Å². The molecule has 0 saturated carbocycles. The Morgan fingerprint density at radius 2 is 1.68 bits per heavy atom.